The van der Waals surface area contributed by atoms with Crippen molar-refractivity contribution in [2.45, 2.75) is 65.6 Å². The number of benzene rings is 2. The van der Waals surface area contributed by atoms with Crippen molar-refractivity contribution in [1.29, 1.82) is 0 Å². The molecule has 10 nitrogen and oxygen atoms in total. The van der Waals surface area contributed by atoms with Crippen molar-refractivity contribution in [1.82, 2.24) is 19.4 Å². The number of methoxy groups -OCH3 is 2. The van der Waals surface area contributed by atoms with Crippen LogP contribution in [0.25, 0.3) is 22.0 Å². The van der Waals surface area contributed by atoms with Gasteiger partial charge in [-0.25, -0.2) is 14.2 Å². The maximum absolute atomic E-state index is 14.9. The van der Waals surface area contributed by atoms with Crippen LogP contribution in [-0.4, -0.2) is 77.3 Å². The van der Waals surface area contributed by atoms with E-state index in [-0.39, 0.29) is 36.1 Å². The number of hydrogen-bond donors (Lipinski definition) is 1. The van der Waals surface area contributed by atoms with Crippen LogP contribution in [0.3, 0.4) is 0 Å². The van der Waals surface area contributed by atoms with Gasteiger partial charge in [0.2, 0.25) is 0 Å². The number of anilines is 1. The van der Waals surface area contributed by atoms with Crippen LogP contribution in [0.2, 0.25) is 0 Å². The summed E-state index contributed by atoms with van der Waals surface area (Å²) >= 11 is 0. The van der Waals surface area contributed by atoms with Gasteiger partial charge < -0.3 is 29.2 Å². The van der Waals surface area contributed by atoms with Crippen molar-refractivity contribution in [3.05, 3.63) is 88.7 Å². The molecule has 2 bridgehead atoms. The fraction of sp³-hybridized carbons (Fsp3) is 0.463. The lowest BCUT2D eigenvalue weighted by molar-refractivity contribution is -0.108. The molecule has 2 aromatic carbocycles. The number of aliphatic imine (C=N–C) groups is 1. The number of carbonyl (C=O) groups excluding carboxylic acids is 1. The Morgan fingerprint density at radius 3 is 2.58 bits per heavy atom. The van der Waals surface area contributed by atoms with Gasteiger partial charge in [-0.2, -0.15) is 0 Å². The number of guanidine groups is 1. The number of amides is 1. The normalized spacial score (nSPS) is 24.0. The molecule has 3 aliphatic carbocycles. The Morgan fingerprint density at radius 1 is 1.08 bits per heavy atom. The van der Waals surface area contributed by atoms with Crippen LogP contribution >= 0.6 is 0 Å². The third kappa shape index (κ3) is 6.61. The first-order valence-electron chi connectivity index (χ1n) is 18.3. The monoisotopic (exact) mass is 708 g/mol. The molecule has 1 N–H and O–H groups in total. The van der Waals surface area contributed by atoms with Crippen LogP contribution in [0.5, 0.6) is 5.75 Å². The minimum Gasteiger partial charge on any atom is -0.497 e. The minimum atomic E-state index is -0.367. The molecule has 274 valence electrons. The molecular weight excluding hydrogens is 659 g/mol. The Kier molecular flexibility index (Phi) is 9.71. The molecule has 2 aromatic heterocycles. The highest BCUT2D eigenvalue weighted by Crippen LogP contribution is 2.61. The maximum Gasteiger partial charge on any atom is 0.409 e. The lowest BCUT2D eigenvalue weighted by Gasteiger charge is -2.61. The van der Waals surface area contributed by atoms with Gasteiger partial charge in [0.05, 0.1) is 26.0 Å². The van der Waals surface area contributed by atoms with E-state index in [1.807, 2.05) is 43.3 Å². The van der Waals surface area contributed by atoms with Crippen molar-refractivity contribution in [2.24, 2.45) is 28.2 Å². The Morgan fingerprint density at radius 2 is 1.90 bits per heavy atom. The first-order valence-corrected chi connectivity index (χ1v) is 18.3. The number of rotatable bonds is 7. The van der Waals surface area contributed by atoms with Gasteiger partial charge in [0.1, 0.15) is 11.6 Å². The van der Waals surface area contributed by atoms with E-state index in [2.05, 4.69) is 36.0 Å². The van der Waals surface area contributed by atoms with E-state index < -0.39 is 0 Å². The summed E-state index contributed by atoms with van der Waals surface area (Å²) in [6, 6.07) is 16.5. The molecule has 4 fully saturated rings. The molecule has 0 spiro atoms. The van der Waals surface area contributed by atoms with Crippen LogP contribution < -0.4 is 15.6 Å². The highest BCUT2D eigenvalue weighted by atomic mass is 19.1. The van der Waals surface area contributed by atoms with Gasteiger partial charge in [-0.05, 0) is 103 Å². The summed E-state index contributed by atoms with van der Waals surface area (Å²) in [7, 11) is 2.92. The average molecular weight is 709 g/mol. The number of ether oxygens (including phenoxy) is 2. The average Bonchev–Trinajstić information content (AvgIpc) is 3.14. The Bertz CT molecular complexity index is 2050. The van der Waals surface area contributed by atoms with E-state index >= 15 is 0 Å². The molecule has 5 atom stereocenters. The second kappa shape index (κ2) is 14.2. The molecule has 0 radical (unpaired) electrons. The van der Waals surface area contributed by atoms with Gasteiger partial charge in [-0.3, -0.25) is 9.78 Å². The summed E-state index contributed by atoms with van der Waals surface area (Å²) in [5, 5.41) is 5.00. The zero-order valence-corrected chi connectivity index (χ0v) is 30.9. The summed E-state index contributed by atoms with van der Waals surface area (Å²) in [5.74, 6) is 2.63. The third-order valence-corrected chi connectivity index (χ3v) is 12.1. The first kappa shape index (κ1) is 35.5. The standard InChI is InChI=1S/C41H49FN6O4/c1-25-24-46(16-17-47(25)40(50)52-6)39(45-36-21-30-20-34(26(36)2)41(30,3)4)44-31-10-12-33-29(18-31)19-37(28-8-7-14-43-23-28)48(38(33)49)15-13-27-9-11-32(51-5)22-35(27)42/h7-12,14,18-19,22-23,25-26,30,34,36H,13,15-17,20-21,24H2,1-6H3,(H,44,45)/t25-,26-,30-,34+,36?/m0/s1. The van der Waals surface area contributed by atoms with E-state index in [4.69, 9.17) is 14.5 Å². The molecule has 52 heavy (non-hydrogen) atoms. The van der Waals surface area contributed by atoms with Gasteiger partial charge in [0, 0.05) is 67.3 Å². The second-order valence-electron chi connectivity index (χ2n) is 15.3. The summed E-state index contributed by atoms with van der Waals surface area (Å²) in [5.41, 5.74) is 3.01. The fourth-order valence-corrected chi connectivity index (χ4v) is 8.81. The van der Waals surface area contributed by atoms with Crippen molar-refractivity contribution in [2.75, 3.05) is 39.2 Å². The van der Waals surface area contributed by atoms with Crippen LogP contribution in [0, 0.1) is 29.0 Å². The van der Waals surface area contributed by atoms with Gasteiger partial charge in [0.15, 0.2) is 5.96 Å². The molecular formula is C41H49FN6O4. The van der Waals surface area contributed by atoms with Crippen LogP contribution in [-0.2, 0) is 17.7 Å². The lowest BCUT2D eigenvalue weighted by atomic mass is 9.45. The lowest BCUT2D eigenvalue weighted by Crippen LogP contribution is -2.58. The highest BCUT2D eigenvalue weighted by molar-refractivity contribution is 5.97. The number of pyridine rings is 2. The zero-order chi connectivity index (χ0) is 36.7. The first-order chi connectivity index (χ1) is 25.0. The maximum atomic E-state index is 14.9. The molecule has 1 amide bonds. The number of aromatic nitrogens is 2. The smallest absolute Gasteiger partial charge is 0.409 e. The number of carbonyl (C=O) groups is 1. The van der Waals surface area contributed by atoms with Gasteiger partial charge in [0.25, 0.3) is 5.56 Å². The molecule has 3 heterocycles. The van der Waals surface area contributed by atoms with Crippen LogP contribution in [0.1, 0.15) is 46.1 Å². The molecule has 1 unspecified atom stereocenters. The Labute approximate surface area is 304 Å². The molecule has 4 aliphatic rings. The summed E-state index contributed by atoms with van der Waals surface area (Å²) in [6.45, 7) is 11.2. The second-order valence-corrected chi connectivity index (χ2v) is 15.3. The minimum absolute atomic E-state index is 0.0622. The van der Waals surface area contributed by atoms with Crippen molar-refractivity contribution in [3.8, 4) is 17.0 Å². The Balaban J connectivity index is 1.23. The Hall–Kier alpha value is -4.93. The van der Waals surface area contributed by atoms with E-state index in [1.54, 1.807) is 34.0 Å². The summed E-state index contributed by atoms with van der Waals surface area (Å²) in [6.07, 6.45) is 5.78. The van der Waals surface area contributed by atoms with Crippen LogP contribution in [0.4, 0.5) is 14.9 Å². The number of piperazine rings is 1. The molecule has 1 aliphatic heterocycles. The predicted molar refractivity (Wildman–Crippen MR) is 202 cm³/mol. The molecule has 8 rings (SSSR count). The van der Waals surface area contributed by atoms with Gasteiger partial charge in [-0.15, -0.1) is 0 Å². The van der Waals surface area contributed by atoms with Gasteiger partial charge in [-0.1, -0.05) is 26.8 Å². The van der Waals surface area contributed by atoms with Gasteiger partial charge >= 0.3 is 6.09 Å². The third-order valence-electron chi connectivity index (χ3n) is 12.1. The summed E-state index contributed by atoms with van der Waals surface area (Å²) < 4.78 is 26.8. The fourth-order valence-electron chi connectivity index (χ4n) is 8.81. The van der Waals surface area contributed by atoms with E-state index in [0.717, 1.165) is 29.0 Å². The largest absolute Gasteiger partial charge is 0.497 e. The quantitative estimate of drug-likeness (QED) is 0.162. The molecule has 1 saturated heterocycles. The summed E-state index contributed by atoms with van der Waals surface area (Å²) in [4.78, 5) is 40.4. The molecule has 3 saturated carbocycles. The van der Waals surface area contributed by atoms with E-state index in [1.165, 1.54) is 26.7 Å². The molecule has 4 aromatic rings. The number of halogens is 1. The van der Waals surface area contributed by atoms with Crippen LogP contribution in [0.15, 0.2) is 76.8 Å². The number of hydrogen-bond acceptors (Lipinski definition) is 6. The van der Waals surface area contributed by atoms with Crippen molar-refractivity contribution >= 4 is 28.5 Å². The number of nitrogens with zero attached hydrogens (tertiary/aromatic N) is 5. The van der Waals surface area contributed by atoms with Crippen molar-refractivity contribution < 1.29 is 18.7 Å². The van der Waals surface area contributed by atoms with Crippen molar-refractivity contribution in [3.63, 3.8) is 0 Å². The molecule has 11 heteroatoms. The number of nitrogens with one attached hydrogen (secondary N) is 1. The van der Waals surface area contributed by atoms with E-state index in [9.17, 15) is 14.0 Å². The predicted octanol–water partition coefficient (Wildman–Crippen LogP) is 7.07. The highest BCUT2D eigenvalue weighted by Gasteiger charge is 2.56. The van der Waals surface area contributed by atoms with E-state index in [0.29, 0.717) is 71.6 Å². The SMILES string of the molecule is COC(=O)N1CCN(C(=NC2C[C@@H]3C[C@H]([C@@H]2C)C3(C)C)Nc2ccc3c(=O)n(CCc4ccc(OC)cc4F)c(-c4cccnc4)cc3c2)C[C@@H]1C. The topological polar surface area (TPSA) is 101 Å². The number of fused-ring (bicyclic) bond motifs is 3. The zero-order valence-electron chi connectivity index (χ0n) is 30.9. The number of aryl methyl sites for hydroxylation is 1.